The van der Waals surface area contributed by atoms with Gasteiger partial charge in [-0.1, -0.05) is 37.3 Å². The molecule has 3 aromatic carbocycles. The minimum atomic E-state index is -3.86. The molecule has 0 aliphatic carbocycles. The van der Waals surface area contributed by atoms with Crippen LogP contribution in [0.1, 0.15) is 52.0 Å². The maximum absolute atomic E-state index is 13.1. The van der Waals surface area contributed by atoms with Crippen LogP contribution in [-0.2, 0) is 10.0 Å². The van der Waals surface area contributed by atoms with Crippen molar-refractivity contribution in [3.8, 4) is 5.75 Å². The number of carbonyl (C=O) groups excluding carboxylic acids is 1. The Morgan fingerprint density at radius 1 is 0.970 bits per heavy atom. The molecule has 7 heteroatoms. The van der Waals surface area contributed by atoms with Crippen molar-refractivity contribution in [2.24, 2.45) is 0 Å². The molecule has 0 spiro atoms. The number of rotatable bonds is 8. The molecule has 6 nitrogen and oxygen atoms in total. The summed E-state index contributed by atoms with van der Waals surface area (Å²) in [5.74, 6) is 0.455. The Hall–Kier alpha value is -3.32. The van der Waals surface area contributed by atoms with E-state index in [1.54, 1.807) is 44.4 Å². The van der Waals surface area contributed by atoms with Gasteiger partial charge in [0.15, 0.2) is 0 Å². The lowest BCUT2D eigenvalue weighted by atomic mass is 10.0. The summed E-state index contributed by atoms with van der Waals surface area (Å²) in [4.78, 5) is 13.1. The molecular formula is C26H30N2O4S. The van der Waals surface area contributed by atoms with Crippen LogP contribution in [0.3, 0.4) is 0 Å². The highest BCUT2D eigenvalue weighted by Gasteiger charge is 2.21. The first-order chi connectivity index (χ1) is 15.6. The van der Waals surface area contributed by atoms with Gasteiger partial charge in [0.2, 0.25) is 0 Å². The Morgan fingerprint density at radius 3 is 2.36 bits per heavy atom. The highest BCUT2D eigenvalue weighted by Crippen LogP contribution is 2.26. The summed E-state index contributed by atoms with van der Waals surface area (Å²) in [6.07, 6.45) is 0.684. The summed E-state index contributed by atoms with van der Waals surface area (Å²) in [6.45, 7) is 7.54. The predicted molar refractivity (Wildman–Crippen MR) is 131 cm³/mol. The van der Waals surface area contributed by atoms with Gasteiger partial charge in [-0.25, -0.2) is 8.42 Å². The largest absolute Gasteiger partial charge is 0.496 e. The number of benzene rings is 3. The third kappa shape index (κ3) is 5.73. The second-order valence-corrected chi connectivity index (χ2v) is 9.77. The molecule has 0 fully saturated rings. The molecule has 2 N–H and O–H groups in total. The monoisotopic (exact) mass is 466 g/mol. The van der Waals surface area contributed by atoms with Crippen LogP contribution in [0.5, 0.6) is 5.75 Å². The van der Waals surface area contributed by atoms with Crippen LogP contribution in [0, 0.1) is 20.8 Å². The van der Waals surface area contributed by atoms with Gasteiger partial charge in [0, 0.05) is 11.3 Å². The van der Waals surface area contributed by atoms with E-state index in [4.69, 9.17) is 4.74 Å². The zero-order valence-electron chi connectivity index (χ0n) is 19.6. The van der Waals surface area contributed by atoms with Crippen molar-refractivity contribution < 1.29 is 17.9 Å². The summed E-state index contributed by atoms with van der Waals surface area (Å²) in [7, 11) is -2.24. The summed E-state index contributed by atoms with van der Waals surface area (Å²) in [5, 5.41) is 3.02. The van der Waals surface area contributed by atoms with Crippen LogP contribution in [-0.4, -0.2) is 21.4 Å². The first kappa shape index (κ1) is 24.3. The number of amides is 1. The van der Waals surface area contributed by atoms with Gasteiger partial charge in [0.05, 0.1) is 18.0 Å². The van der Waals surface area contributed by atoms with Gasteiger partial charge in [-0.05, 0) is 79.8 Å². The number of carbonyl (C=O) groups is 1. The van der Waals surface area contributed by atoms with Gasteiger partial charge in [0.25, 0.3) is 15.9 Å². The first-order valence-corrected chi connectivity index (χ1v) is 12.3. The molecule has 0 saturated carbocycles. The highest BCUT2D eigenvalue weighted by molar-refractivity contribution is 7.92. The van der Waals surface area contributed by atoms with Crippen molar-refractivity contribution in [2.75, 3.05) is 11.8 Å². The van der Waals surface area contributed by atoms with E-state index in [1.165, 1.54) is 6.07 Å². The maximum Gasteiger partial charge on any atom is 0.262 e. The fraction of sp³-hybridized carbons (Fsp3) is 0.269. The number of anilines is 1. The van der Waals surface area contributed by atoms with Crippen molar-refractivity contribution in [1.29, 1.82) is 0 Å². The maximum atomic E-state index is 13.1. The lowest BCUT2D eigenvalue weighted by molar-refractivity contribution is 0.0935. The minimum absolute atomic E-state index is 0.0741. The molecule has 0 aliphatic rings. The van der Waals surface area contributed by atoms with Crippen molar-refractivity contribution in [1.82, 2.24) is 5.32 Å². The highest BCUT2D eigenvalue weighted by atomic mass is 32.2. The standard InChI is InChI=1S/C26H30N2O4S/c1-6-23(20-12-13-24(32-5)19(4)15-20)27-26(29)21-11-10-18(3)25(16-21)33(30,31)28-22-9-7-8-17(2)14-22/h7-16,23,28H,6H2,1-5H3,(H,27,29)/t23-/m1/s1. The fourth-order valence-electron chi connectivity index (χ4n) is 3.73. The van der Waals surface area contributed by atoms with Crippen LogP contribution in [0.15, 0.2) is 65.6 Å². The van der Waals surface area contributed by atoms with Gasteiger partial charge in [0.1, 0.15) is 5.75 Å². The zero-order chi connectivity index (χ0) is 24.2. The molecule has 1 atom stereocenters. The Morgan fingerprint density at radius 2 is 1.73 bits per heavy atom. The summed E-state index contributed by atoms with van der Waals surface area (Å²) in [5.41, 5.74) is 4.21. The number of methoxy groups -OCH3 is 1. The van der Waals surface area contributed by atoms with Crippen LogP contribution < -0.4 is 14.8 Å². The van der Waals surface area contributed by atoms with Gasteiger partial charge in [-0.15, -0.1) is 0 Å². The SMILES string of the molecule is CC[C@@H](NC(=O)c1ccc(C)c(S(=O)(=O)Nc2cccc(C)c2)c1)c1ccc(OC)c(C)c1. The molecule has 0 aliphatic heterocycles. The summed E-state index contributed by atoms with van der Waals surface area (Å²) in [6, 6.07) is 17.4. The third-order valence-corrected chi connectivity index (χ3v) is 7.07. The number of ether oxygens (including phenoxy) is 1. The third-order valence-electron chi connectivity index (χ3n) is 5.54. The average molecular weight is 467 g/mol. The van der Waals surface area contributed by atoms with Gasteiger partial charge in [-0.2, -0.15) is 0 Å². The van der Waals surface area contributed by atoms with Gasteiger partial charge < -0.3 is 10.1 Å². The molecule has 33 heavy (non-hydrogen) atoms. The lowest BCUT2D eigenvalue weighted by Crippen LogP contribution is -2.28. The Labute approximate surface area is 196 Å². The van der Waals surface area contributed by atoms with E-state index in [9.17, 15) is 13.2 Å². The van der Waals surface area contributed by atoms with Crippen LogP contribution in [0.4, 0.5) is 5.69 Å². The zero-order valence-corrected chi connectivity index (χ0v) is 20.4. The lowest BCUT2D eigenvalue weighted by Gasteiger charge is -2.19. The molecule has 0 aromatic heterocycles. The predicted octanol–water partition coefficient (Wildman–Crippen LogP) is 5.30. The molecule has 0 saturated heterocycles. The van der Waals surface area contributed by atoms with Crippen LogP contribution >= 0.6 is 0 Å². The van der Waals surface area contributed by atoms with E-state index >= 15 is 0 Å². The van der Waals surface area contributed by atoms with E-state index in [0.717, 1.165) is 22.4 Å². The molecule has 0 radical (unpaired) electrons. The van der Waals surface area contributed by atoms with E-state index in [1.807, 2.05) is 45.0 Å². The Bertz CT molecular complexity index is 1270. The van der Waals surface area contributed by atoms with Crippen LogP contribution in [0.2, 0.25) is 0 Å². The molecule has 174 valence electrons. The van der Waals surface area contributed by atoms with E-state index in [0.29, 0.717) is 17.7 Å². The quantitative estimate of drug-likeness (QED) is 0.472. The van der Waals surface area contributed by atoms with Crippen molar-refractivity contribution in [3.63, 3.8) is 0 Å². The number of hydrogen-bond acceptors (Lipinski definition) is 4. The fourth-order valence-corrected chi connectivity index (χ4v) is 5.05. The summed E-state index contributed by atoms with van der Waals surface area (Å²) < 4.78 is 34.0. The number of hydrogen-bond donors (Lipinski definition) is 2. The molecule has 3 aromatic rings. The van der Waals surface area contributed by atoms with E-state index in [2.05, 4.69) is 10.0 Å². The van der Waals surface area contributed by atoms with Crippen molar-refractivity contribution >= 4 is 21.6 Å². The average Bonchev–Trinajstić information content (AvgIpc) is 2.77. The molecule has 1 amide bonds. The molecule has 0 unspecified atom stereocenters. The molecular weight excluding hydrogens is 436 g/mol. The number of sulfonamides is 1. The van der Waals surface area contributed by atoms with Gasteiger partial charge in [-0.3, -0.25) is 9.52 Å². The first-order valence-electron chi connectivity index (χ1n) is 10.8. The van der Waals surface area contributed by atoms with Gasteiger partial charge >= 0.3 is 0 Å². The number of nitrogens with one attached hydrogen (secondary N) is 2. The Kier molecular flexibility index (Phi) is 7.43. The normalized spacial score (nSPS) is 12.2. The second-order valence-electron chi connectivity index (χ2n) is 8.12. The van der Waals surface area contributed by atoms with E-state index < -0.39 is 10.0 Å². The van der Waals surface area contributed by atoms with Crippen molar-refractivity contribution in [2.45, 2.75) is 45.1 Å². The van der Waals surface area contributed by atoms with E-state index in [-0.39, 0.29) is 22.4 Å². The van der Waals surface area contributed by atoms with Crippen molar-refractivity contribution in [3.05, 3.63) is 88.5 Å². The second kappa shape index (κ2) is 10.1. The smallest absolute Gasteiger partial charge is 0.262 e. The number of aryl methyl sites for hydroxylation is 3. The topological polar surface area (TPSA) is 84.5 Å². The van der Waals surface area contributed by atoms with Crippen LogP contribution in [0.25, 0.3) is 0 Å². The Balaban J connectivity index is 1.85. The summed E-state index contributed by atoms with van der Waals surface area (Å²) >= 11 is 0. The molecule has 3 rings (SSSR count). The minimum Gasteiger partial charge on any atom is -0.496 e. The molecule has 0 bridgehead atoms. The molecule has 0 heterocycles.